The highest BCUT2D eigenvalue weighted by atomic mass is 16.5. The average molecular weight is 285 g/mol. The second kappa shape index (κ2) is 9.96. The van der Waals surface area contributed by atoms with E-state index in [4.69, 9.17) is 0 Å². The van der Waals surface area contributed by atoms with Gasteiger partial charge in [0.2, 0.25) is 5.91 Å². The maximum absolute atomic E-state index is 11.5. The Morgan fingerprint density at radius 3 is 2.45 bits per heavy atom. The van der Waals surface area contributed by atoms with Crippen LogP contribution in [0, 0.1) is 5.92 Å². The van der Waals surface area contributed by atoms with Crippen LogP contribution in [0.3, 0.4) is 0 Å². The van der Waals surface area contributed by atoms with Crippen LogP contribution >= 0.6 is 0 Å². The molecule has 7 heteroatoms. The van der Waals surface area contributed by atoms with Gasteiger partial charge in [0.25, 0.3) is 0 Å². The van der Waals surface area contributed by atoms with Gasteiger partial charge in [-0.25, -0.2) is 4.79 Å². The first kappa shape index (κ1) is 18.1. The summed E-state index contributed by atoms with van der Waals surface area (Å²) < 4.78 is 4.66. The maximum Gasteiger partial charge on any atom is 0.322 e. The van der Waals surface area contributed by atoms with Gasteiger partial charge >= 0.3 is 12.0 Å². The van der Waals surface area contributed by atoms with Crippen LogP contribution in [-0.4, -0.2) is 44.1 Å². The molecule has 0 spiro atoms. The second-order valence-electron chi connectivity index (χ2n) is 4.63. The number of carbonyl (C=O) groups is 3. The molecule has 0 aliphatic carbocycles. The first-order chi connectivity index (χ1) is 9.40. The summed E-state index contributed by atoms with van der Waals surface area (Å²) >= 11 is 0. The molecule has 0 rings (SSSR count). The van der Waals surface area contributed by atoms with Crippen molar-refractivity contribution in [2.75, 3.05) is 20.2 Å². The number of ether oxygens (including phenoxy) is 1. The molecule has 0 aliphatic heterocycles. The van der Waals surface area contributed by atoms with Crippen LogP contribution in [0.2, 0.25) is 0 Å². The number of urea groups is 1. The Bertz CT molecular complexity index is 356. The molecule has 0 saturated carbocycles. The Morgan fingerprint density at radius 1 is 1.30 bits per heavy atom. The van der Waals surface area contributed by atoms with Gasteiger partial charge < -0.3 is 10.1 Å². The Kier molecular flexibility index (Phi) is 9.02. The van der Waals surface area contributed by atoms with Crippen LogP contribution in [0.4, 0.5) is 4.79 Å². The highest BCUT2D eigenvalue weighted by Gasteiger charge is 2.21. The lowest BCUT2D eigenvalue weighted by molar-refractivity contribution is -0.143. The summed E-state index contributed by atoms with van der Waals surface area (Å²) in [4.78, 5) is 34.2. The summed E-state index contributed by atoms with van der Waals surface area (Å²) in [5.74, 6) is -0.683. The van der Waals surface area contributed by atoms with Crippen molar-refractivity contribution in [1.29, 1.82) is 0 Å². The van der Waals surface area contributed by atoms with Gasteiger partial charge in [0.15, 0.2) is 0 Å². The fourth-order valence-electron chi connectivity index (χ4n) is 1.47. The third kappa shape index (κ3) is 8.25. The van der Waals surface area contributed by atoms with E-state index in [1.165, 1.54) is 13.2 Å². The third-order valence-electron chi connectivity index (χ3n) is 2.36. The van der Waals surface area contributed by atoms with E-state index in [1.54, 1.807) is 0 Å². The minimum atomic E-state index is -0.602. The summed E-state index contributed by atoms with van der Waals surface area (Å²) in [5.41, 5.74) is 0. The van der Waals surface area contributed by atoms with E-state index in [0.29, 0.717) is 6.42 Å². The molecule has 0 aromatic rings. The molecule has 0 heterocycles. The topological polar surface area (TPSA) is 96.5 Å². The number of rotatable bonds is 8. The number of hydrogen-bond donors (Lipinski definition) is 3. The van der Waals surface area contributed by atoms with Crippen LogP contribution < -0.4 is 16.0 Å². The summed E-state index contributed by atoms with van der Waals surface area (Å²) in [6, 6.07) is -1.17. The van der Waals surface area contributed by atoms with Gasteiger partial charge in [-0.15, -0.1) is 6.58 Å². The minimum Gasteiger partial charge on any atom is -0.468 e. The first-order valence-corrected chi connectivity index (χ1v) is 6.40. The normalized spacial score (nSPS) is 11.6. The molecule has 0 aromatic heterocycles. The number of amides is 3. The molecule has 0 aliphatic rings. The van der Waals surface area contributed by atoms with Gasteiger partial charge in [-0.1, -0.05) is 19.9 Å². The van der Waals surface area contributed by atoms with E-state index in [1.807, 2.05) is 13.8 Å². The summed E-state index contributed by atoms with van der Waals surface area (Å²) in [7, 11) is 1.29. The summed E-state index contributed by atoms with van der Waals surface area (Å²) in [5, 5.41) is 7.31. The smallest absolute Gasteiger partial charge is 0.322 e. The van der Waals surface area contributed by atoms with Gasteiger partial charge in [0.05, 0.1) is 13.7 Å². The molecule has 1 unspecified atom stereocenters. The number of imide groups is 1. The lowest BCUT2D eigenvalue weighted by Gasteiger charge is -2.17. The standard InChI is InChI=1S/C13H23N3O4/c1-5-6-14-13(19)16-11(17)8-15-10(7-9(2)3)12(18)20-4/h5,9-10,15H,1,6-8H2,2-4H3,(H2,14,16,17,19). The molecule has 0 radical (unpaired) electrons. The molecule has 0 saturated heterocycles. The molecular weight excluding hydrogens is 262 g/mol. The Labute approximate surface area is 119 Å². The van der Waals surface area contributed by atoms with Crippen molar-refractivity contribution in [2.45, 2.75) is 26.3 Å². The highest BCUT2D eigenvalue weighted by Crippen LogP contribution is 2.05. The van der Waals surface area contributed by atoms with Crippen LogP contribution in [-0.2, 0) is 14.3 Å². The number of carbonyl (C=O) groups excluding carboxylic acids is 3. The van der Waals surface area contributed by atoms with Gasteiger partial charge in [0.1, 0.15) is 6.04 Å². The van der Waals surface area contributed by atoms with Crippen molar-refractivity contribution in [2.24, 2.45) is 5.92 Å². The van der Waals surface area contributed by atoms with Crippen molar-refractivity contribution >= 4 is 17.9 Å². The number of esters is 1. The zero-order chi connectivity index (χ0) is 15.5. The molecule has 114 valence electrons. The quantitative estimate of drug-likeness (QED) is 0.436. The van der Waals surface area contributed by atoms with Crippen LogP contribution in [0.1, 0.15) is 20.3 Å². The van der Waals surface area contributed by atoms with E-state index in [9.17, 15) is 14.4 Å². The molecule has 3 N–H and O–H groups in total. The average Bonchev–Trinajstić information content (AvgIpc) is 2.39. The molecule has 0 fully saturated rings. The van der Waals surface area contributed by atoms with Crippen molar-refractivity contribution < 1.29 is 19.1 Å². The fourth-order valence-corrected chi connectivity index (χ4v) is 1.47. The van der Waals surface area contributed by atoms with Crippen LogP contribution in [0.25, 0.3) is 0 Å². The highest BCUT2D eigenvalue weighted by molar-refractivity contribution is 5.95. The zero-order valence-electron chi connectivity index (χ0n) is 12.2. The molecule has 3 amide bonds. The van der Waals surface area contributed by atoms with Gasteiger partial charge in [0, 0.05) is 6.54 Å². The van der Waals surface area contributed by atoms with E-state index >= 15 is 0 Å². The molecule has 0 aromatic carbocycles. The van der Waals surface area contributed by atoms with Crippen LogP contribution in [0.5, 0.6) is 0 Å². The Hall–Kier alpha value is -1.89. The van der Waals surface area contributed by atoms with Gasteiger partial charge in [-0.05, 0) is 12.3 Å². The van der Waals surface area contributed by atoms with E-state index in [0.717, 1.165) is 0 Å². The Morgan fingerprint density at radius 2 is 1.95 bits per heavy atom. The number of methoxy groups -OCH3 is 1. The molecule has 20 heavy (non-hydrogen) atoms. The summed E-state index contributed by atoms with van der Waals surface area (Å²) in [6.07, 6.45) is 2.04. The zero-order valence-corrected chi connectivity index (χ0v) is 12.2. The molecule has 7 nitrogen and oxygen atoms in total. The van der Waals surface area contributed by atoms with Crippen molar-refractivity contribution in [3.05, 3.63) is 12.7 Å². The van der Waals surface area contributed by atoms with Gasteiger partial charge in [-0.2, -0.15) is 0 Å². The van der Waals surface area contributed by atoms with E-state index in [2.05, 4.69) is 27.3 Å². The molecule has 0 bridgehead atoms. The van der Waals surface area contributed by atoms with Crippen LogP contribution in [0.15, 0.2) is 12.7 Å². The van der Waals surface area contributed by atoms with Crippen molar-refractivity contribution in [3.63, 3.8) is 0 Å². The third-order valence-corrected chi connectivity index (χ3v) is 2.36. The molecular formula is C13H23N3O4. The first-order valence-electron chi connectivity index (χ1n) is 6.40. The number of nitrogens with one attached hydrogen (secondary N) is 3. The van der Waals surface area contributed by atoms with Crippen molar-refractivity contribution in [3.8, 4) is 0 Å². The largest absolute Gasteiger partial charge is 0.468 e. The second-order valence-corrected chi connectivity index (χ2v) is 4.63. The van der Waals surface area contributed by atoms with E-state index < -0.39 is 23.9 Å². The molecule has 1 atom stereocenters. The number of hydrogen-bond acceptors (Lipinski definition) is 5. The predicted octanol–water partition coefficient (Wildman–Crippen LogP) is 0.176. The minimum absolute atomic E-state index is 0.145. The lowest BCUT2D eigenvalue weighted by atomic mass is 10.0. The summed E-state index contributed by atoms with van der Waals surface area (Å²) in [6.45, 7) is 7.48. The SMILES string of the molecule is C=CCNC(=O)NC(=O)CNC(CC(C)C)C(=O)OC. The Balaban J connectivity index is 4.19. The maximum atomic E-state index is 11.5. The van der Waals surface area contributed by atoms with E-state index in [-0.39, 0.29) is 19.0 Å². The monoisotopic (exact) mass is 285 g/mol. The lowest BCUT2D eigenvalue weighted by Crippen LogP contribution is -2.47. The van der Waals surface area contributed by atoms with Gasteiger partial charge in [-0.3, -0.25) is 20.2 Å². The predicted molar refractivity (Wildman–Crippen MR) is 75.0 cm³/mol. The fraction of sp³-hybridized carbons (Fsp3) is 0.615. The van der Waals surface area contributed by atoms with Crippen molar-refractivity contribution in [1.82, 2.24) is 16.0 Å².